The van der Waals surface area contributed by atoms with Crippen LogP contribution in [0.15, 0.2) is 0 Å². The van der Waals surface area contributed by atoms with Crippen molar-refractivity contribution in [3.05, 3.63) is 0 Å². The molecule has 1 aliphatic heterocycles. The lowest BCUT2D eigenvalue weighted by atomic mass is 10.1. The van der Waals surface area contributed by atoms with E-state index in [2.05, 4.69) is 4.90 Å². The second-order valence-corrected chi connectivity index (χ2v) is 4.66. The number of likely N-dealkylation sites (tertiary alicyclic amines) is 1. The third-order valence-corrected chi connectivity index (χ3v) is 3.19. The summed E-state index contributed by atoms with van der Waals surface area (Å²) < 4.78 is 16.2. The molecule has 0 aromatic rings. The molecular weight excluding hydrogens is 232 g/mol. The molecule has 0 unspecified atom stereocenters. The van der Waals surface area contributed by atoms with Crippen molar-refractivity contribution in [2.45, 2.75) is 25.4 Å². The summed E-state index contributed by atoms with van der Waals surface area (Å²) in [4.78, 5) is 2.44. The summed E-state index contributed by atoms with van der Waals surface area (Å²) in [6.45, 7) is 6.94. The van der Waals surface area contributed by atoms with E-state index in [0.29, 0.717) is 19.3 Å². The first-order chi connectivity index (χ1) is 8.86. The molecule has 0 aromatic carbocycles. The van der Waals surface area contributed by atoms with E-state index in [1.807, 2.05) is 0 Å². The normalized spacial score (nSPS) is 18.3. The van der Waals surface area contributed by atoms with Crippen LogP contribution >= 0.6 is 0 Å². The molecule has 0 atom stereocenters. The van der Waals surface area contributed by atoms with Crippen molar-refractivity contribution in [3.8, 4) is 0 Å². The molecule has 1 heterocycles. The van der Waals surface area contributed by atoms with Gasteiger partial charge < -0.3 is 24.8 Å². The van der Waals surface area contributed by atoms with E-state index in [-0.39, 0.29) is 0 Å². The number of ether oxygens (including phenoxy) is 3. The van der Waals surface area contributed by atoms with Gasteiger partial charge in [-0.2, -0.15) is 0 Å². The van der Waals surface area contributed by atoms with Gasteiger partial charge in [-0.05, 0) is 19.3 Å². The lowest BCUT2D eigenvalue weighted by Crippen LogP contribution is -2.39. The van der Waals surface area contributed by atoms with Gasteiger partial charge in [0.1, 0.15) is 0 Å². The van der Waals surface area contributed by atoms with Crippen LogP contribution in [-0.2, 0) is 14.2 Å². The molecule has 0 saturated carbocycles. The molecule has 5 nitrogen and oxygen atoms in total. The smallest absolute Gasteiger partial charge is 0.0600 e. The van der Waals surface area contributed by atoms with Gasteiger partial charge >= 0.3 is 0 Å². The van der Waals surface area contributed by atoms with Crippen LogP contribution in [0, 0.1) is 0 Å². The van der Waals surface area contributed by atoms with E-state index >= 15 is 0 Å². The highest BCUT2D eigenvalue weighted by molar-refractivity contribution is 4.72. The Morgan fingerprint density at radius 2 is 1.89 bits per heavy atom. The van der Waals surface area contributed by atoms with Crippen molar-refractivity contribution in [3.63, 3.8) is 0 Å². The highest BCUT2D eigenvalue weighted by Gasteiger charge is 2.18. The number of piperidine rings is 1. The first-order valence-electron chi connectivity index (χ1n) is 6.97. The molecule has 0 aliphatic carbocycles. The third kappa shape index (κ3) is 7.28. The number of hydrogen-bond donors (Lipinski definition) is 1. The highest BCUT2D eigenvalue weighted by Crippen LogP contribution is 2.12. The molecule has 0 amide bonds. The van der Waals surface area contributed by atoms with E-state index in [0.717, 1.165) is 58.7 Å². The maximum absolute atomic E-state index is 5.65. The van der Waals surface area contributed by atoms with Gasteiger partial charge in [-0.3, -0.25) is 0 Å². The zero-order valence-electron chi connectivity index (χ0n) is 11.6. The zero-order chi connectivity index (χ0) is 13.1. The second-order valence-electron chi connectivity index (χ2n) is 4.66. The topological polar surface area (TPSA) is 57.0 Å². The minimum Gasteiger partial charge on any atom is -0.385 e. The van der Waals surface area contributed by atoms with Gasteiger partial charge in [0.05, 0.1) is 19.3 Å². The Balaban J connectivity index is 1.92. The molecular formula is C13H28N2O3. The average molecular weight is 260 g/mol. The highest BCUT2D eigenvalue weighted by atomic mass is 16.5. The SMILES string of the molecule is COCCCOCCN1CCC(OCCN)CC1. The van der Waals surface area contributed by atoms with Gasteiger partial charge in [-0.25, -0.2) is 0 Å². The van der Waals surface area contributed by atoms with Crippen LogP contribution in [0.4, 0.5) is 0 Å². The fourth-order valence-electron chi connectivity index (χ4n) is 2.14. The fourth-order valence-corrected chi connectivity index (χ4v) is 2.14. The summed E-state index contributed by atoms with van der Waals surface area (Å²) in [5, 5.41) is 0. The Hall–Kier alpha value is -0.200. The Morgan fingerprint density at radius 1 is 1.11 bits per heavy atom. The van der Waals surface area contributed by atoms with Gasteiger partial charge in [0, 0.05) is 46.5 Å². The molecule has 1 rings (SSSR count). The largest absolute Gasteiger partial charge is 0.385 e. The fraction of sp³-hybridized carbons (Fsp3) is 1.00. The van der Waals surface area contributed by atoms with Crippen molar-refractivity contribution in [2.75, 3.05) is 59.7 Å². The quantitative estimate of drug-likeness (QED) is 0.579. The van der Waals surface area contributed by atoms with Gasteiger partial charge in [0.25, 0.3) is 0 Å². The van der Waals surface area contributed by atoms with Crippen molar-refractivity contribution in [1.29, 1.82) is 0 Å². The van der Waals surface area contributed by atoms with Gasteiger partial charge in [-0.1, -0.05) is 0 Å². The standard InChI is InChI=1S/C13H28N2O3/c1-16-9-2-10-17-12-8-15-6-3-13(4-7-15)18-11-5-14/h13H,2-12,14H2,1H3. The Bertz CT molecular complexity index is 185. The van der Waals surface area contributed by atoms with Gasteiger partial charge in [-0.15, -0.1) is 0 Å². The summed E-state index contributed by atoms with van der Waals surface area (Å²) in [5.74, 6) is 0. The average Bonchev–Trinajstić information content (AvgIpc) is 2.42. The first kappa shape index (κ1) is 15.9. The van der Waals surface area contributed by atoms with Crippen molar-refractivity contribution in [1.82, 2.24) is 4.90 Å². The molecule has 5 heteroatoms. The molecule has 1 fully saturated rings. The summed E-state index contributed by atoms with van der Waals surface area (Å²) in [6.07, 6.45) is 3.62. The molecule has 2 N–H and O–H groups in total. The first-order valence-corrected chi connectivity index (χ1v) is 6.97. The molecule has 0 aromatic heterocycles. The molecule has 1 saturated heterocycles. The van der Waals surface area contributed by atoms with Crippen molar-refractivity contribution < 1.29 is 14.2 Å². The van der Waals surface area contributed by atoms with E-state index < -0.39 is 0 Å². The Kier molecular flexibility index (Phi) is 9.42. The lowest BCUT2D eigenvalue weighted by molar-refractivity contribution is 0.00367. The summed E-state index contributed by atoms with van der Waals surface area (Å²) >= 11 is 0. The summed E-state index contributed by atoms with van der Waals surface area (Å²) in [7, 11) is 1.72. The summed E-state index contributed by atoms with van der Waals surface area (Å²) in [6, 6.07) is 0. The Morgan fingerprint density at radius 3 is 2.56 bits per heavy atom. The number of methoxy groups -OCH3 is 1. The number of rotatable bonds is 10. The van der Waals surface area contributed by atoms with Crippen LogP contribution < -0.4 is 5.73 Å². The van der Waals surface area contributed by atoms with Crippen LogP contribution in [0.5, 0.6) is 0 Å². The minimum atomic E-state index is 0.410. The van der Waals surface area contributed by atoms with Gasteiger partial charge in [0.15, 0.2) is 0 Å². The molecule has 0 bridgehead atoms. The van der Waals surface area contributed by atoms with E-state index in [1.54, 1.807) is 7.11 Å². The van der Waals surface area contributed by atoms with E-state index in [1.165, 1.54) is 0 Å². The van der Waals surface area contributed by atoms with Crippen LogP contribution in [0.25, 0.3) is 0 Å². The number of nitrogens with zero attached hydrogens (tertiary/aromatic N) is 1. The molecule has 18 heavy (non-hydrogen) atoms. The van der Waals surface area contributed by atoms with Gasteiger partial charge in [0.2, 0.25) is 0 Å². The van der Waals surface area contributed by atoms with Crippen molar-refractivity contribution in [2.24, 2.45) is 5.73 Å². The molecule has 0 spiro atoms. The predicted molar refractivity (Wildman–Crippen MR) is 71.8 cm³/mol. The maximum Gasteiger partial charge on any atom is 0.0600 e. The minimum absolute atomic E-state index is 0.410. The van der Waals surface area contributed by atoms with Crippen LogP contribution in [0.3, 0.4) is 0 Å². The number of hydrogen-bond acceptors (Lipinski definition) is 5. The van der Waals surface area contributed by atoms with Crippen molar-refractivity contribution >= 4 is 0 Å². The third-order valence-electron chi connectivity index (χ3n) is 3.19. The second kappa shape index (κ2) is 10.7. The van der Waals surface area contributed by atoms with Crippen LogP contribution in [0.1, 0.15) is 19.3 Å². The van der Waals surface area contributed by atoms with E-state index in [9.17, 15) is 0 Å². The molecule has 1 aliphatic rings. The molecule has 108 valence electrons. The van der Waals surface area contributed by atoms with Crippen LogP contribution in [-0.4, -0.2) is 70.7 Å². The Labute approximate surface area is 111 Å². The maximum atomic E-state index is 5.65. The molecule has 0 radical (unpaired) electrons. The summed E-state index contributed by atoms with van der Waals surface area (Å²) in [5.41, 5.74) is 5.43. The predicted octanol–water partition coefficient (Wildman–Crippen LogP) is 0.479. The lowest BCUT2D eigenvalue weighted by Gasteiger charge is -2.31. The van der Waals surface area contributed by atoms with E-state index in [4.69, 9.17) is 19.9 Å². The number of nitrogens with two attached hydrogens (primary N) is 1. The zero-order valence-corrected chi connectivity index (χ0v) is 11.6. The monoisotopic (exact) mass is 260 g/mol. The van der Waals surface area contributed by atoms with Crippen LogP contribution in [0.2, 0.25) is 0 Å².